The number of nitrogens with one attached hydrogen (secondary N) is 1. The molecule has 0 radical (unpaired) electrons. The van der Waals surface area contributed by atoms with Crippen molar-refractivity contribution < 1.29 is 8.78 Å². The molecule has 1 aromatic heterocycles. The summed E-state index contributed by atoms with van der Waals surface area (Å²) in [5, 5.41) is 8.65. The minimum Gasteiger partial charge on any atom is -0.308 e. The van der Waals surface area contributed by atoms with Gasteiger partial charge in [0.05, 0.1) is 11.7 Å². The number of halogens is 2. The second kappa shape index (κ2) is 4.63. The molecule has 84 valence electrons. The molecule has 0 saturated heterocycles. The quantitative estimate of drug-likeness (QED) is 0.894. The topological polar surface area (TPSA) is 37.8 Å². The highest BCUT2D eigenvalue weighted by molar-refractivity contribution is 7.03. The van der Waals surface area contributed by atoms with Crippen LogP contribution in [-0.2, 0) is 0 Å². The Morgan fingerprint density at radius 1 is 1.31 bits per heavy atom. The molecule has 6 heteroatoms. The number of nitrogens with zero attached hydrogens (tertiary/aromatic N) is 2. The van der Waals surface area contributed by atoms with Crippen molar-refractivity contribution in [1.82, 2.24) is 14.9 Å². The molecule has 2 aromatic rings. The fourth-order valence-electron chi connectivity index (χ4n) is 1.47. The molecule has 3 nitrogen and oxygen atoms in total. The van der Waals surface area contributed by atoms with Crippen LogP contribution in [-0.4, -0.2) is 16.6 Å². The van der Waals surface area contributed by atoms with Crippen LogP contribution >= 0.6 is 11.5 Å². The standard InChI is InChI=1S/C10H9F2N3S/c1-13-10(9-5-16-15-14-9)6-2-3-7(11)8(12)4-6/h2-5,10,13H,1H3. The van der Waals surface area contributed by atoms with Crippen LogP contribution in [0.15, 0.2) is 23.6 Å². The largest absolute Gasteiger partial charge is 0.308 e. The highest BCUT2D eigenvalue weighted by atomic mass is 32.1. The fraction of sp³-hybridized carbons (Fsp3) is 0.200. The van der Waals surface area contributed by atoms with E-state index in [2.05, 4.69) is 14.9 Å². The summed E-state index contributed by atoms with van der Waals surface area (Å²) in [7, 11) is 1.73. The van der Waals surface area contributed by atoms with E-state index in [0.29, 0.717) is 11.3 Å². The molecular weight excluding hydrogens is 232 g/mol. The van der Waals surface area contributed by atoms with Gasteiger partial charge in [-0.15, -0.1) is 5.10 Å². The first-order chi connectivity index (χ1) is 7.72. The Balaban J connectivity index is 2.37. The Labute approximate surface area is 95.3 Å². The van der Waals surface area contributed by atoms with Crippen LogP contribution in [0, 0.1) is 11.6 Å². The van der Waals surface area contributed by atoms with Crippen molar-refractivity contribution in [1.29, 1.82) is 0 Å². The van der Waals surface area contributed by atoms with Gasteiger partial charge in [-0.25, -0.2) is 8.78 Å². The lowest BCUT2D eigenvalue weighted by molar-refractivity contribution is 0.504. The summed E-state index contributed by atoms with van der Waals surface area (Å²) in [6.07, 6.45) is 0. The van der Waals surface area contributed by atoms with Crippen LogP contribution in [0.3, 0.4) is 0 Å². The molecule has 0 saturated carbocycles. The summed E-state index contributed by atoms with van der Waals surface area (Å²) in [6.45, 7) is 0. The molecule has 2 rings (SSSR count). The molecule has 0 amide bonds. The Morgan fingerprint density at radius 3 is 2.69 bits per heavy atom. The minimum atomic E-state index is -0.860. The zero-order chi connectivity index (χ0) is 11.5. The summed E-state index contributed by atoms with van der Waals surface area (Å²) in [4.78, 5) is 0. The Morgan fingerprint density at radius 2 is 2.12 bits per heavy atom. The molecule has 0 aliphatic heterocycles. The fourth-order valence-corrected chi connectivity index (χ4v) is 1.95. The predicted molar refractivity (Wildman–Crippen MR) is 57.2 cm³/mol. The molecule has 0 aliphatic carbocycles. The third-order valence-corrected chi connectivity index (χ3v) is 2.76. The van der Waals surface area contributed by atoms with Crippen molar-refractivity contribution >= 4 is 11.5 Å². The van der Waals surface area contributed by atoms with Gasteiger partial charge in [0.2, 0.25) is 0 Å². The van der Waals surface area contributed by atoms with Crippen LogP contribution in [0.25, 0.3) is 0 Å². The van der Waals surface area contributed by atoms with E-state index in [1.165, 1.54) is 17.6 Å². The van der Waals surface area contributed by atoms with Crippen LogP contribution in [0.2, 0.25) is 0 Å². The zero-order valence-electron chi connectivity index (χ0n) is 8.45. The van der Waals surface area contributed by atoms with Gasteiger partial charge < -0.3 is 5.32 Å². The summed E-state index contributed by atoms with van der Waals surface area (Å²) < 4.78 is 29.6. The molecule has 0 aliphatic rings. The third-order valence-electron chi connectivity index (χ3n) is 2.24. The molecule has 1 atom stereocenters. The Hall–Kier alpha value is -1.40. The molecule has 1 N–H and O–H groups in total. The normalized spacial score (nSPS) is 12.7. The van der Waals surface area contributed by atoms with E-state index >= 15 is 0 Å². The summed E-state index contributed by atoms with van der Waals surface area (Å²) in [5.74, 6) is -1.71. The maximum absolute atomic E-state index is 13.1. The first kappa shape index (κ1) is 11.1. The number of aromatic nitrogens is 2. The average molecular weight is 241 g/mol. The Kier molecular flexibility index (Phi) is 3.21. The van der Waals surface area contributed by atoms with E-state index < -0.39 is 11.6 Å². The first-order valence-electron chi connectivity index (χ1n) is 4.61. The van der Waals surface area contributed by atoms with Crippen LogP contribution < -0.4 is 5.32 Å². The van der Waals surface area contributed by atoms with Gasteiger partial charge in [-0.05, 0) is 36.3 Å². The van der Waals surface area contributed by atoms with Crippen molar-refractivity contribution in [2.24, 2.45) is 0 Å². The Bertz CT molecular complexity index is 473. The van der Waals surface area contributed by atoms with Crippen LogP contribution in [0.5, 0.6) is 0 Å². The molecule has 1 unspecified atom stereocenters. The average Bonchev–Trinajstić information content (AvgIpc) is 2.78. The van der Waals surface area contributed by atoms with Crippen molar-refractivity contribution in [2.75, 3.05) is 7.05 Å². The second-order valence-electron chi connectivity index (χ2n) is 3.23. The highest BCUT2D eigenvalue weighted by Crippen LogP contribution is 2.22. The number of rotatable bonds is 3. The van der Waals surface area contributed by atoms with Crippen molar-refractivity contribution in [3.05, 3.63) is 46.5 Å². The molecule has 0 bridgehead atoms. The monoisotopic (exact) mass is 241 g/mol. The van der Waals surface area contributed by atoms with Gasteiger partial charge in [0.25, 0.3) is 0 Å². The van der Waals surface area contributed by atoms with Gasteiger partial charge in [-0.3, -0.25) is 0 Å². The van der Waals surface area contributed by atoms with Gasteiger partial charge >= 0.3 is 0 Å². The smallest absolute Gasteiger partial charge is 0.159 e. The van der Waals surface area contributed by atoms with Crippen molar-refractivity contribution in [3.63, 3.8) is 0 Å². The number of benzene rings is 1. The lowest BCUT2D eigenvalue weighted by Crippen LogP contribution is -2.18. The SMILES string of the molecule is CNC(c1ccc(F)c(F)c1)c1csnn1. The molecule has 16 heavy (non-hydrogen) atoms. The van der Waals surface area contributed by atoms with Crippen LogP contribution in [0.1, 0.15) is 17.3 Å². The minimum absolute atomic E-state index is 0.270. The lowest BCUT2D eigenvalue weighted by Gasteiger charge is -2.13. The molecule has 1 heterocycles. The first-order valence-corrected chi connectivity index (χ1v) is 5.45. The van der Waals surface area contributed by atoms with Crippen molar-refractivity contribution in [2.45, 2.75) is 6.04 Å². The van der Waals surface area contributed by atoms with Crippen molar-refractivity contribution in [3.8, 4) is 0 Å². The van der Waals surface area contributed by atoms with E-state index in [0.717, 1.165) is 12.1 Å². The molecule has 1 aromatic carbocycles. The second-order valence-corrected chi connectivity index (χ2v) is 3.83. The maximum Gasteiger partial charge on any atom is 0.159 e. The van der Waals surface area contributed by atoms with E-state index in [4.69, 9.17) is 0 Å². The summed E-state index contributed by atoms with van der Waals surface area (Å²) in [5.41, 5.74) is 1.31. The van der Waals surface area contributed by atoms with Gasteiger partial charge in [0.1, 0.15) is 0 Å². The third kappa shape index (κ3) is 2.07. The zero-order valence-corrected chi connectivity index (χ0v) is 9.26. The maximum atomic E-state index is 13.1. The van der Waals surface area contributed by atoms with Gasteiger partial charge in [0.15, 0.2) is 11.6 Å². The number of hydrogen-bond donors (Lipinski definition) is 1. The predicted octanol–water partition coefficient (Wildman–Crippen LogP) is 2.13. The number of hydrogen-bond acceptors (Lipinski definition) is 4. The van der Waals surface area contributed by atoms with E-state index in [-0.39, 0.29) is 6.04 Å². The lowest BCUT2D eigenvalue weighted by atomic mass is 10.0. The van der Waals surface area contributed by atoms with Crippen LogP contribution in [0.4, 0.5) is 8.78 Å². The molecule has 0 spiro atoms. The van der Waals surface area contributed by atoms with Gasteiger partial charge in [0, 0.05) is 5.38 Å². The van der Waals surface area contributed by atoms with Gasteiger partial charge in [-0.1, -0.05) is 10.6 Å². The van der Waals surface area contributed by atoms with E-state index in [1.54, 1.807) is 12.4 Å². The van der Waals surface area contributed by atoms with E-state index in [9.17, 15) is 8.78 Å². The van der Waals surface area contributed by atoms with Gasteiger partial charge in [-0.2, -0.15) is 0 Å². The summed E-state index contributed by atoms with van der Waals surface area (Å²) >= 11 is 1.22. The summed E-state index contributed by atoms with van der Waals surface area (Å²) in [6, 6.07) is 3.53. The molecule has 0 fully saturated rings. The highest BCUT2D eigenvalue weighted by Gasteiger charge is 2.16. The van der Waals surface area contributed by atoms with E-state index in [1.807, 2.05) is 0 Å². The molecular formula is C10H9F2N3S.